The number of fused-ring (bicyclic) bond motifs is 1. The zero-order valence-electron chi connectivity index (χ0n) is 20.7. The third kappa shape index (κ3) is 5.73. The van der Waals surface area contributed by atoms with E-state index in [1.165, 1.54) is 23.3 Å². The van der Waals surface area contributed by atoms with Crippen LogP contribution in [0, 0.1) is 11.2 Å². The van der Waals surface area contributed by atoms with Gasteiger partial charge in [0.15, 0.2) is 0 Å². The van der Waals surface area contributed by atoms with Crippen LogP contribution in [0.4, 0.5) is 4.39 Å². The van der Waals surface area contributed by atoms with Crippen molar-refractivity contribution in [2.45, 2.75) is 60.2 Å². The van der Waals surface area contributed by atoms with Crippen molar-refractivity contribution in [1.82, 2.24) is 19.6 Å². The van der Waals surface area contributed by atoms with Gasteiger partial charge < -0.3 is 4.90 Å². The van der Waals surface area contributed by atoms with E-state index >= 15 is 0 Å². The first-order valence-corrected chi connectivity index (χ1v) is 12.1. The molecular weight excluding hydrogens is 427 g/mol. The molecule has 2 aromatic carbocycles. The number of hydrogen-bond donors (Lipinski definition) is 0. The summed E-state index contributed by atoms with van der Waals surface area (Å²) in [6.45, 7) is 12.0. The number of halogens is 1. The van der Waals surface area contributed by atoms with Gasteiger partial charge in [0.1, 0.15) is 5.82 Å². The molecule has 6 heteroatoms. The fourth-order valence-corrected chi connectivity index (χ4v) is 4.56. The van der Waals surface area contributed by atoms with Crippen LogP contribution in [0.25, 0.3) is 5.69 Å². The monoisotopic (exact) mass is 462 g/mol. The number of carbonyl (C=O) groups excluding carboxylic acids is 1. The van der Waals surface area contributed by atoms with Crippen LogP contribution in [0.15, 0.2) is 54.6 Å². The van der Waals surface area contributed by atoms with Crippen molar-refractivity contribution in [1.29, 1.82) is 0 Å². The highest BCUT2D eigenvalue weighted by molar-refractivity contribution is 5.76. The predicted octanol–water partition coefficient (Wildman–Crippen LogP) is 5.35. The van der Waals surface area contributed by atoms with Gasteiger partial charge in [-0.15, -0.1) is 0 Å². The molecule has 2 heterocycles. The maximum Gasteiger partial charge on any atom is 0.223 e. The Bertz CT molecular complexity index is 1120. The van der Waals surface area contributed by atoms with Crippen LogP contribution >= 0.6 is 0 Å². The Labute approximate surface area is 202 Å². The van der Waals surface area contributed by atoms with Crippen LogP contribution in [0.2, 0.25) is 0 Å². The molecule has 0 saturated carbocycles. The van der Waals surface area contributed by atoms with Crippen LogP contribution in [-0.4, -0.2) is 38.6 Å². The molecule has 0 atom stereocenters. The van der Waals surface area contributed by atoms with E-state index in [9.17, 15) is 9.18 Å². The van der Waals surface area contributed by atoms with Gasteiger partial charge >= 0.3 is 0 Å². The number of carbonyl (C=O) groups is 1. The lowest BCUT2D eigenvalue weighted by atomic mass is 9.91. The Hall–Kier alpha value is -2.99. The van der Waals surface area contributed by atoms with E-state index in [1.54, 1.807) is 12.1 Å². The molecule has 1 aromatic heterocycles. The molecular formula is C28H35FN4O. The summed E-state index contributed by atoms with van der Waals surface area (Å²) in [4.78, 5) is 17.4. The lowest BCUT2D eigenvalue weighted by Gasteiger charge is -2.29. The summed E-state index contributed by atoms with van der Waals surface area (Å²) in [5.74, 6) is -0.110. The van der Waals surface area contributed by atoms with E-state index in [1.807, 2.05) is 22.6 Å². The summed E-state index contributed by atoms with van der Waals surface area (Å²) < 4.78 is 15.5. The minimum absolute atomic E-state index is 0.0656. The van der Waals surface area contributed by atoms with Crippen molar-refractivity contribution in [2.75, 3.05) is 13.1 Å². The molecule has 180 valence electrons. The van der Waals surface area contributed by atoms with E-state index in [0.29, 0.717) is 19.5 Å². The zero-order valence-corrected chi connectivity index (χ0v) is 20.7. The Morgan fingerprint density at radius 2 is 1.79 bits per heavy atom. The summed E-state index contributed by atoms with van der Waals surface area (Å²) in [7, 11) is 0. The molecule has 1 amide bonds. The number of hydrogen-bond acceptors (Lipinski definition) is 3. The molecule has 34 heavy (non-hydrogen) atoms. The van der Waals surface area contributed by atoms with Gasteiger partial charge in [-0.2, -0.15) is 5.10 Å². The van der Waals surface area contributed by atoms with Gasteiger partial charge in [-0.1, -0.05) is 51.1 Å². The molecule has 4 rings (SSSR count). The van der Waals surface area contributed by atoms with E-state index < -0.39 is 0 Å². The van der Waals surface area contributed by atoms with E-state index in [-0.39, 0.29) is 17.1 Å². The highest BCUT2D eigenvalue weighted by atomic mass is 19.1. The zero-order chi connectivity index (χ0) is 24.3. The second kappa shape index (κ2) is 10.1. The van der Waals surface area contributed by atoms with Gasteiger partial charge in [0.25, 0.3) is 0 Å². The maximum atomic E-state index is 13.6. The topological polar surface area (TPSA) is 41.4 Å². The molecule has 0 aliphatic carbocycles. The van der Waals surface area contributed by atoms with Crippen molar-refractivity contribution >= 4 is 5.91 Å². The van der Waals surface area contributed by atoms with Gasteiger partial charge in [-0.25, -0.2) is 9.07 Å². The average Bonchev–Trinajstić information content (AvgIpc) is 3.15. The minimum atomic E-state index is -0.260. The fourth-order valence-electron chi connectivity index (χ4n) is 4.56. The second-order valence-electron chi connectivity index (χ2n) is 10.4. The molecule has 0 bridgehead atoms. The fraction of sp³-hybridized carbons (Fsp3) is 0.429. The third-order valence-corrected chi connectivity index (χ3v) is 6.30. The lowest BCUT2D eigenvalue weighted by molar-refractivity contribution is -0.133. The molecule has 0 N–H and O–H groups in total. The van der Waals surface area contributed by atoms with Crippen LogP contribution in [0.3, 0.4) is 0 Å². The standard InChI is InChI=1S/C28H35FN4O/c1-5-32(27(34)17-28(2,3)4)20-25-24-19-31(18-21-9-7-6-8-10-21)16-15-26(24)33(30-25)23-13-11-22(29)12-14-23/h6-14H,5,15-20H2,1-4H3. The summed E-state index contributed by atoms with van der Waals surface area (Å²) in [6.07, 6.45) is 1.36. The normalized spacial score (nSPS) is 14.1. The van der Waals surface area contributed by atoms with Crippen molar-refractivity contribution < 1.29 is 9.18 Å². The molecule has 1 aliphatic rings. The smallest absolute Gasteiger partial charge is 0.223 e. The molecule has 5 nitrogen and oxygen atoms in total. The first kappa shape index (κ1) is 24.1. The van der Waals surface area contributed by atoms with Crippen molar-refractivity contribution in [3.8, 4) is 5.69 Å². The number of nitrogens with zero attached hydrogens (tertiary/aromatic N) is 4. The van der Waals surface area contributed by atoms with Crippen molar-refractivity contribution in [3.05, 3.63) is 82.9 Å². The number of benzene rings is 2. The first-order valence-electron chi connectivity index (χ1n) is 12.1. The Balaban J connectivity index is 1.65. The van der Waals surface area contributed by atoms with E-state index in [4.69, 9.17) is 5.10 Å². The first-order chi connectivity index (χ1) is 16.2. The SMILES string of the molecule is CCN(Cc1nn(-c2ccc(F)cc2)c2c1CN(Cc1ccccc1)CC2)C(=O)CC(C)(C)C. The predicted molar refractivity (Wildman–Crippen MR) is 133 cm³/mol. The van der Waals surface area contributed by atoms with Crippen LogP contribution in [0.1, 0.15) is 56.6 Å². The lowest BCUT2D eigenvalue weighted by Crippen LogP contribution is -2.34. The largest absolute Gasteiger partial charge is 0.337 e. The number of amides is 1. The summed E-state index contributed by atoms with van der Waals surface area (Å²) >= 11 is 0. The van der Waals surface area contributed by atoms with E-state index in [2.05, 4.69) is 49.9 Å². The van der Waals surface area contributed by atoms with Crippen LogP contribution < -0.4 is 0 Å². The van der Waals surface area contributed by atoms with E-state index in [0.717, 1.165) is 43.1 Å². The maximum absolute atomic E-state index is 13.6. The number of rotatable bonds is 7. The highest BCUT2D eigenvalue weighted by Gasteiger charge is 2.28. The Morgan fingerprint density at radius 3 is 2.44 bits per heavy atom. The molecule has 3 aromatic rings. The summed E-state index contributed by atoms with van der Waals surface area (Å²) in [5, 5.41) is 4.97. The quantitative estimate of drug-likeness (QED) is 0.475. The average molecular weight is 463 g/mol. The molecule has 1 aliphatic heterocycles. The van der Waals surface area contributed by atoms with Crippen molar-refractivity contribution in [2.24, 2.45) is 5.41 Å². The minimum Gasteiger partial charge on any atom is -0.337 e. The molecule has 0 saturated heterocycles. The van der Waals surface area contributed by atoms with Gasteiger partial charge in [-0.05, 0) is 42.2 Å². The molecule has 0 radical (unpaired) electrons. The summed E-state index contributed by atoms with van der Waals surface area (Å²) in [6, 6.07) is 17.0. The van der Waals surface area contributed by atoms with Crippen LogP contribution in [-0.2, 0) is 30.8 Å². The van der Waals surface area contributed by atoms with Gasteiger partial charge in [-0.3, -0.25) is 9.69 Å². The molecule has 0 spiro atoms. The van der Waals surface area contributed by atoms with Gasteiger partial charge in [0, 0.05) is 44.6 Å². The molecule has 0 unspecified atom stereocenters. The van der Waals surface area contributed by atoms with Crippen LogP contribution in [0.5, 0.6) is 0 Å². The Morgan fingerprint density at radius 1 is 1.09 bits per heavy atom. The number of aromatic nitrogens is 2. The molecule has 0 fully saturated rings. The second-order valence-corrected chi connectivity index (χ2v) is 10.4. The van der Waals surface area contributed by atoms with Gasteiger partial charge in [0.05, 0.1) is 23.6 Å². The third-order valence-electron chi connectivity index (χ3n) is 6.30. The van der Waals surface area contributed by atoms with Crippen molar-refractivity contribution in [3.63, 3.8) is 0 Å². The summed E-state index contributed by atoms with van der Waals surface area (Å²) in [5.41, 5.74) is 5.35. The Kier molecular flexibility index (Phi) is 7.17. The van der Waals surface area contributed by atoms with Gasteiger partial charge in [0.2, 0.25) is 5.91 Å². The highest BCUT2D eigenvalue weighted by Crippen LogP contribution is 2.28.